The van der Waals surface area contributed by atoms with E-state index in [1.165, 1.54) is 0 Å². The van der Waals surface area contributed by atoms with Crippen LogP contribution in [0.25, 0.3) is 10.4 Å². The van der Waals surface area contributed by atoms with Crippen molar-refractivity contribution in [3.05, 3.63) is 43.5 Å². The maximum Gasteiger partial charge on any atom is 0.330 e. The van der Waals surface area contributed by atoms with Gasteiger partial charge in [-0.1, -0.05) is 5.11 Å². The van der Waals surface area contributed by atoms with E-state index >= 15 is 0 Å². The summed E-state index contributed by atoms with van der Waals surface area (Å²) in [4.78, 5) is 27.0. The summed E-state index contributed by atoms with van der Waals surface area (Å²) in [5.41, 5.74) is 4.84. The topological polar surface area (TPSA) is 153 Å². The Labute approximate surface area is 116 Å². The zero-order valence-corrected chi connectivity index (χ0v) is 10.6. The molecule has 0 bridgehead atoms. The van der Waals surface area contributed by atoms with Crippen LogP contribution in [0.1, 0.15) is 6.23 Å². The predicted octanol–water partition coefficient (Wildman–Crippen LogP) is -1.19. The van der Waals surface area contributed by atoms with Crippen molar-refractivity contribution < 1.29 is 19.3 Å². The molecule has 10 nitrogen and oxygen atoms in total. The Hall–Kier alpha value is -2.20. The first-order chi connectivity index (χ1) is 9.95. The number of halogens is 1. The lowest BCUT2D eigenvalue weighted by atomic mass is 9.97. The number of alkyl halides is 1. The normalized spacial score (nSPS) is 31.9. The summed E-state index contributed by atoms with van der Waals surface area (Å²) in [7, 11) is 0. The molecule has 21 heavy (non-hydrogen) atoms. The Morgan fingerprint density at radius 3 is 2.90 bits per heavy atom. The van der Waals surface area contributed by atoms with Crippen molar-refractivity contribution in [3.63, 3.8) is 0 Å². The molecule has 3 N–H and O–H groups in total. The summed E-state index contributed by atoms with van der Waals surface area (Å²) >= 11 is 0. The maximum atomic E-state index is 14.2. The Bertz CT molecular complexity index is 683. The van der Waals surface area contributed by atoms with E-state index < -0.39 is 48.5 Å². The smallest absolute Gasteiger partial charge is 0.330 e. The Morgan fingerprint density at radius 2 is 2.33 bits per heavy atom. The Morgan fingerprint density at radius 1 is 1.62 bits per heavy atom. The van der Waals surface area contributed by atoms with Crippen molar-refractivity contribution >= 4 is 0 Å². The van der Waals surface area contributed by atoms with E-state index in [-0.39, 0.29) is 0 Å². The summed E-state index contributed by atoms with van der Waals surface area (Å²) in [5, 5.41) is 22.4. The zero-order valence-electron chi connectivity index (χ0n) is 10.6. The van der Waals surface area contributed by atoms with Gasteiger partial charge in [-0.05, 0) is 5.53 Å². The number of hydrogen-bond acceptors (Lipinski definition) is 6. The molecule has 0 amide bonds. The second-order valence-corrected chi connectivity index (χ2v) is 4.53. The molecule has 0 radical (unpaired) electrons. The van der Waals surface area contributed by atoms with Gasteiger partial charge in [-0.2, -0.15) is 0 Å². The van der Waals surface area contributed by atoms with E-state index in [4.69, 9.17) is 10.3 Å². The van der Waals surface area contributed by atoms with Crippen molar-refractivity contribution in [2.24, 2.45) is 5.11 Å². The lowest BCUT2D eigenvalue weighted by Gasteiger charge is -2.27. The highest BCUT2D eigenvalue weighted by Gasteiger charge is 2.55. The molecular weight excluding hydrogens is 289 g/mol. The largest absolute Gasteiger partial charge is 0.393 e. The molecule has 114 valence electrons. The minimum atomic E-state index is -2.06. The quantitative estimate of drug-likeness (QED) is 0.362. The van der Waals surface area contributed by atoms with Crippen LogP contribution in [-0.2, 0) is 4.74 Å². The molecule has 0 spiro atoms. The molecule has 1 saturated heterocycles. The first-order valence-electron chi connectivity index (χ1n) is 5.88. The van der Waals surface area contributed by atoms with Crippen molar-refractivity contribution in [1.82, 2.24) is 9.55 Å². The van der Waals surface area contributed by atoms with Crippen LogP contribution in [0.5, 0.6) is 0 Å². The molecule has 1 aromatic rings. The molecule has 0 aliphatic carbocycles. The molecule has 1 aliphatic rings. The van der Waals surface area contributed by atoms with E-state index in [9.17, 15) is 24.2 Å². The first-order valence-corrected chi connectivity index (χ1v) is 5.88. The number of H-pyrrole nitrogens is 1. The van der Waals surface area contributed by atoms with Crippen LogP contribution in [0.4, 0.5) is 4.39 Å². The molecule has 1 aromatic heterocycles. The number of nitrogens with zero attached hydrogens (tertiary/aromatic N) is 4. The van der Waals surface area contributed by atoms with Crippen molar-refractivity contribution in [2.75, 3.05) is 13.2 Å². The molecule has 0 saturated carbocycles. The predicted molar refractivity (Wildman–Crippen MR) is 66.2 cm³/mol. The number of hydrogen-bond donors (Lipinski definition) is 3. The number of azide groups is 1. The Balaban J connectivity index is 2.41. The Kier molecular flexibility index (Phi) is 4.09. The minimum Gasteiger partial charge on any atom is -0.393 e. The molecule has 2 rings (SSSR count). The van der Waals surface area contributed by atoms with Gasteiger partial charge in [-0.3, -0.25) is 14.3 Å². The van der Waals surface area contributed by atoms with Crippen LogP contribution in [0, 0.1) is 0 Å². The van der Waals surface area contributed by atoms with E-state index in [2.05, 4.69) is 10.0 Å². The fourth-order valence-corrected chi connectivity index (χ4v) is 2.12. The van der Waals surface area contributed by atoms with E-state index in [0.29, 0.717) is 0 Å². The summed E-state index contributed by atoms with van der Waals surface area (Å²) in [6.07, 6.45) is -4.43. The summed E-state index contributed by atoms with van der Waals surface area (Å²) in [5.74, 6) is 0. The highest BCUT2D eigenvalue weighted by atomic mass is 19.1. The van der Waals surface area contributed by atoms with E-state index in [0.717, 1.165) is 16.8 Å². The minimum absolute atomic E-state index is 0.518. The van der Waals surface area contributed by atoms with Gasteiger partial charge in [0.05, 0.1) is 13.2 Å². The standard InChI is InChI=1S/C10H12FN5O5/c11-6-7(19)10(4-17,3-13-15-12)21-8(6)16-2-1-5(18)14-9(16)20/h1-2,6-8,17,19H,3-4H2,(H,14,18,20)/t6-,7-,8+,10+/m0/s1. The van der Waals surface area contributed by atoms with Crippen molar-refractivity contribution in [2.45, 2.75) is 24.1 Å². The van der Waals surface area contributed by atoms with Crippen LogP contribution in [0.2, 0.25) is 0 Å². The summed E-state index contributed by atoms with van der Waals surface area (Å²) in [6.45, 7) is -1.33. The van der Waals surface area contributed by atoms with Gasteiger partial charge in [0, 0.05) is 17.2 Å². The van der Waals surface area contributed by atoms with Gasteiger partial charge in [-0.25, -0.2) is 9.18 Å². The number of aromatic amines is 1. The summed E-state index contributed by atoms with van der Waals surface area (Å²) < 4.78 is 20.2. The van der Waals surface area contributed by atoms with Crippen LogP contribution in [-0.4, -0.2) is 50.8 Å². The second kappa shape index (κ2) is 5.66. The van der Waals surface area contributed by atoms with Gasteiger partial charge in [0.15, 0.2) is 12.4 Å². The highest BCUT2D eigenvalue weighted by molar-refractivity contribution is 5.03. The van der Waals surface area contributed by atoms with Crippen molar-refractivity contribution in [3.8, 4) is 0 Å². The molecule has 1 fully saturated rings. The van der Waals surface area contributed by atoms with Gasteiger partial charge < -0.3 is 14.9 Å². The van der Waals surface area contributed by atoms with Gasteiger partial charge >= 0.3 is 5.69 Å². The molecule has 0 unspecified atom stereocenters. The lowest BCUT2D eigenvalue weighted by molar-refractivity contribution is -0.122. The number of ether oxygens (including phenoxy) is 1. The maximum absolute atomic E-state index is 14.2. The van der Waals surface area contributed by atoms with Crippen LogP contribution >= 0.6 is 0 Å². The van der Waals surface area contributed by atoms with E-state index in [1.54, 1.807) is 0 Å². The lowest BCUT2D eigenvalue weighted by Crippen LogP contribution is -2.48. The fourth-order valence-electron chi connectivity index (χ4n) is 2.12. The number of rotatable bonds is 4. The third kappa shape index (κ3) is 2.54. The molecular formula is C10H12FN5O5. The third-order valence-electron chi connectivity index (χ3n) is 3.26. The van der Waals surface area contributed by atoms with Crippen molar-refractivity contribution in [1.29, 1.82) is 0 Å². The molecule has 4 atom stereocenters. The van der Waals surface area contributed by atoms with Gasteiger partial charge in [0.2, 0.25) is 0 Å². The second-order valence-electron chi connectivity index (χ2n) is 4.53. The zero-order chi connectivity index (χ0) is 15.6. The summed E-state index contributed by atoms with van der Waals surface area (Å²) in [6, 6.07) is 0.982. The average molecular weight is 301 g/mol. The molecule has 2 heterocycles. The average Bonchev–Trinajstić information content (AvgIpc) is 2.71. The van der Waals surface area contributed by atoms with Crippen LogP contribution in [0.3, 0.4) is 0 Å². The monoisotopic (exact) mass is 301 g/mol. The van der Waals surface area contributed by atoms with Crippen LogP contribution < -0.4 is 11.2 Å². The van der Waals surface area contributed by atoms with Crippen LogP contribution in [0.15, 0.2) is 27.0 Å². The van der Waals surface area contributed by atoms with Gasteiger partial charge in [0.25, 0.3) is 5.56 Å². The first kappa shape index (κ1) is 15.2. The number of nitrogens with one attached hydrogen (secondary N) is 1. The number of aliphatic hydroxyl groups is 2. The van der Waals surface area contributed by atoms with E-state index in [1.807, 2.05) is 4.98 Å². The number of aromatic nitrogens is 2. The fraction of sp³-hybridized carbons (Fsp3) is 0.600. The molecule has 1 aliphatic heterocycles. The number of aliphatic hydroxyl groups excluding tert-OH is 2. The molecule has 0 aromatic carbocycles. The van der Waals surface area contributed by atoms with Gasteiger partial charge in [-0.15, -0.1) is 0 Å². The highest BCUT2D eigenvalue weighted by Crippen LogP contribution is 2.38. The SMILES string of the molecule is [N-]=[N+]=NC[C@]1(CO)O[C@@H](n2ccc(=O)[nH]c2=O)[C@@H](F)[C@@H]1O. The van der Waals surface area contributed by atoms with Gasteiger partial charge in [0.1, 0.15) is 11.7 Å². The molecule has 11 heteroatoms. The third-order valence-corrected chi connectivity index (χ3v) is 3.26.